The van der Waals surface area contributed by atoms with Crippen LogP contribution in [0.1, 0.15) is 36.8 Å². The van der Waals surface area contributed by atoms with Crippen LogP contribution in [0.3, 0.4) is 0 Å². The number of hydrogen-bond donors (Lipinski definition) is 0. The second-order valence-corrected chi connectivity index (χ2v) is 4.86. The molecule has 2 heteroatoms. The number of unbranched alkanes of at least 4 members (excludes halogenated alkanes) is 2. The molecule has 0 radical (unpaired) electrons. The monoisotopic (exact) mass is 258 g/mol. The molecule has 1 rings (SSSR count). The Morgan fingerprint density at radius 1 is 0.625 bits per heavy atom. The van der Waals surface area contributed by atoms with Crippen LogP contribution < -0.4 is 0 Å². The van der Waals surface area contributed by atoms with Crippen molar-refractivity contribution in [2.75, 3.05) is 11.8 Å². The molecule has 0 aromatic heterocycles. The van der Waals surface area contributed by atoms with Gasteiger partial charge in [-0.2, -0.15) is 0 Å². The largest absolute Gasteiger partial charge is 0.127 e. The summed E-state index contributed by atoms with van der Waals surface area (Å²) >= 11 is 11.3. The van der Waals surface area contributed by atoms with Gasteiger partial charge < -0.3 is 0 Å². The third-order valence-corrected chi connectivity index (χ3v) is 3.26. The molecule has 0 aliphatic rings. The van der Waals surface area contributed by atoms with Gasteiger partial charge in [0.2, 0.25) is 0 Å². The maximum Gasteiger partial charge on any atom is 0.0223 e. The maximum atomic E-state index is 5.65. The minimum Gasteiger partial charge on any atom is -0.127 e. The van der Waals surface area contributed by atoms with Crippen molar-refractivity contribution in [3.05, 3.63) is 35.4 Å². The number of hydrogen-bond acceptors (Lipinski definition) is 0. The standard InChI is InChI=1S/C14H20Cl2/c15-11-3-1-5-13-7-9-14(10-8-13)6-2-4-12-16/h7-10H,1-6,11-12H2. The predicted molar refractivity (Wildman–Crippen MR) is 73.8 cm³/mol. The summed E-state index contributed by atoms with van der Waals surface area (Å²) in [6.07, 6.45) is 6.89. The predicted octanol–water partition coefficient (Wildman–Crippen LogP) is 4.81. The van der Waals surface area contributed by atoms with Crippen molar-refractivity contribution in [3.8, 4) is 0 Å². The molecule has 1 aromatic carbocycles. The molecule has 0 amide bonds. The smallest absolute Gasteiger partial charge is 0.0223 e. The van der Waals surface area contributed by atoms with E-state index in [1.807, 2.05) is 0 Å². The molecule has 1 aromatic rings. The molecule has 0 aliphatic heterocycles. The summed E-state index contributed by atoms with van der Waals surface area (Å²) in [4.78, 5) is 0. The molecular formula is C14H20Cl2. The van der Waals surface area contributed by atoms with Crippen molar-refractivity contribution in [2.24, 2.45) is 0 Å². The van der Waals surface area contributed by atoms with Crippen LogP contribution in [0.25, 0.3) is 0 Å². The maximum absolute atomic E-state index is 5.65. The molecule has 0 heterocycles. The average molecular weight is 259 g/mol. The Morgan fingerprint density at radius 2 is 1.00 bits per heavy atom. The highest BCUT2D eigenvalue weighted by atomic mass is 35.5. The number of aryl methyl sites for hydroxylation is 2. The fourth-order valence-electron chi connectivity index (χ4n) is 1.72. The molecule has 0 fully saturated rings. The summed E-state index contributed by atoms with van der Waals surface area (Å²) in [5.74, 6) is 1.55. The van der Waals surface area contributed by atoms with Gasteiger partial charge in [0, 0.05) is 11.8 Å². The molecule has 0 spiro atoms. The van der Waals surface area contributed by atoms with Gasteiger partial charge in [-0.3, -0.25) is 0 Å². The fourth-order valence-corrected chi connectivity index (χ4v) is 2.10. The highest BCUT2D eigenvalue weighted by Crippen LogP contribution is 2.10. The number of halogens is 2. The van der Waals surface area contributed by atoms with Gasteiger partial charge in [-0.1, -0.05) is 24.3 Å². The van der Waals surface area contributed by atoms with Gasteiger partial charge in [0.1, 0.15) is 0 Å². The summed E-state index contributed by atoms with van der Waals surface area (Å²) in [5, 5.41) is 0. The highest BCUT2D eigenvalue weighted by Gasteiger charge is 1.96. The van der Waals surface area contributed by atoms with Gasteiger partial charge in [-0.15, -0.1) is 23.2 Å². The number of benzene rings is 1. The SMILES string of the molecule is ClCCCCc1ccc(CCCCCl)cc1. The molecule has 16 heavy (non-hydrogen) atoms. The van der Waals surface area contributed by atoms with E-state index in [-0.39, 0.29) is 0 Å². The second-order valence-electron chi connectivity index (χ2n) is 4.11. The lowest BCUT2D eigenvalue weighted by atomic mass is 10.0. The third-order valence-electron chi connectivity index (χ3n) is 2.72. The Morgan fingerprint density at radius 3 is 1.31 bits per heavy atom. The Balaban J connectivity index is 2.30. The van der Waals surface area contributed by atoms with Crippen LogP contribution in [0.2, 0.25) is 0 Å². The summed E-state index contributed by atoms with van der Waals surface area (Å²) in [6, 6.07) is 8.96. The van der Waals surface area contributed by atoms with Gasteiger partial charge in [0.15, 0.2) is 0 Å². The van der Waals surface area contributed by atoms with Gasteiger partial charge in [-0.25, -0.2) is 0 Å². The van der Waals surface area contributed by atoms with E-state index in [0.717, 1.165) is 37.4 Å². The van der Waals surface area contributed by atoms with Crippen LogP contribution in [0.5, 0.6) is 0 Å². The van der Waals surface area contributed by atoms with E-state index < -0.39 is 0 Å². The quantitative estimate of drug-likeness (QED) is 0.464. The number of alkyl halides is 2. The average Bonchev–Trinajstić information content (AvgIpc) is 2.32. The Labute approximate surface area is 109 Å². The molecule has 0 aliphatic carbocycles. The van der Waals surface area contributed by atoms with Crippen molar-refractivity contribution in [1.82, 2.24) is 0 Å². The van der Waals surface area contributed by atoms with E-state index in [4.69, 9.17) is 23.2 Å². The Hall–Kier alpha value is -0.200. The first kappa shape index (κ1) is 13.9. The minimum atomic E-state index is 0.774. The minimum absolute atomic E-state index is 0.774. The van der Waals surface area contributed by atoms with Crippen molar-refractivity contribution >= 4 is 23.2 Å². The summed E-state index contributed by atoms with van der Waals surface area (Å²) in [6.45, 7) is 0. The summed E-state index contributed by atoms with van der Waals surface area (Å²) < 4.78 is 0. The van der Waals surface area contributed by atoms with Gasteiger partial charge in [-0.05, 0) is 49.7 Å². The van der Waals surface area contributed by atoms with E-state index in [0.29, 0.717) is 0 Å². The first-order valence-electron chi connectivity index (χ1n) is 6.06. The summed E-state index contributed by atoms with van der Waals surface area (Å²) in [7, 11) is 0. The zero-order valence-electron chi connectivity index (χ0n) is 9.72. The molecule has 0 saturated carbocycles. The first-order chi connectivity index (χ1) is 7.86. The molecular weight excluding hydrogens is 239 g/mol. The Bertz CT molecular complexity index is 238. The zero-order chi connectivity index (χ0) is 11.6. The summed E-state index contributed by atoms with van der Waals surface area (Å²) in [5.41, 5.74) is 2.84. The molecule has 0 nitrogen and oxygen atoms in total. The van der Waals surface area contributed by atoms with Crippen LogP contribution in [-0.4, -0.2) is 11.8 Å². The number of rotatable bonds is 8. The highest BCUT2D eigenvalue weighted by molar-refractivity contribution is 6.18. The van der Waals surface area contributed by atoms with E-state index in [1.54, 1.807) is 0 Å². The van der Waals surface area contributed by atoms with Crippen molar-refractivity contribution in [1.29, 1.82) is 0 Å². The molecule has 0 bridgehead atoms. The van der Waals surface area contributed by atoms with Gasteiger partial charge in [0.05, 0.1) is 0 Å². The van der Waals surface area contributed by atoms with E-state index in [9.17, 15) is 0 Å². The van der Waals surface area contributed by atoms with Crippen molar-refractivity contribution in [3.63, 3.8) is 0 Å². The molecule has 90 valence electrons. The third kappa shape index (κ3) is 5.77. The lowest BCUT2D eigenvalue weighted by Gasteiger charge is -2.03. The first-order valence-corrected chi connectivity index (χ1v) is 7.13. The molecule has 0 unspecified atom stereocenters. The van der Waals surface area contributed by atoms with Crippen LogP contribution in [0.4, 0.5) is 0 Å². The fraction of sp³-hybridized carbons (Fsp3) is 0.571. The van der Waals surface area contributed by atoms with Crippen LogP contribution in [-0.2, 0) is 12.8 Å². The van der Waals surface area contributed by atoms with Crippen molar-refractivity contribution in [2.45, 2.75) is 38.5 Å². The van der Waals surface area contributed by atoms with Crippen molar-refractivity contribution < 1.29 is 0 Å². The molecule has 0 saturated heterocycles. The second kappa shape index (κ2) is 8.90. The lowest BCUT2D eigenvalue weighted by Crippen LogP contribution is -1.89. The van der Waals surface area contributed by atoms with E-state index >= 15 is 0 Å². The van der Waals surface area contributed by atoms with E-state index in [1.165, 1.54) is 24.0 Å². The molecule has 0 atom stereocenters. The zero-order valence-corrected chi connectivity index (χ0v) is 11.2. The Kier molecular flexibility index (Phi) is 7.71. The topological polar surface area (TPSA) is 0 Å². The van der Waals surface area contributed by atoms with Crippen LogP contribution >= 0.6 is 23.2 Å². The molecule has 0 N–H and O–H groups in total. The van der Waals surface area contributed by atoms with Gasteiger partial charge >= 0.3 is 0 Å². The van der Waals surface area contributed by atoms with Crippen LogP contribution in [0, 0.1) is 0 Å². The normalized spacial score (nSPS) is 10.6. The van der Waals surface area contributed by atoms with Crippen LogP contribution in [0.15, 0.2) is 24.3 Å². The van der Waals surface area contributed by atoms with Gasteiger partial charge in [0.25, 0.3) is 0 Å². The van der Waals surface area contributed by atoms with E-state index in [2.05, 4.69) is 24.3 Å². The lowest BCUT2D eigenvalue weighted by molar-refractivity contribution is 0.790.